The van der Waals surface area contributed by atoms with Gasteiger partial charge in [-0.3, -0.25) is 19.7 Å². The second kappa shape index (κ2) is 3.05. The summed E-state index contributed by atoms with van der Waals surface area (Å²) < 4.78 is 0. The van der Waals surface area contributed by atoms with Crippen LogP contribution in [0.3, 0.4) is 0 Å². The van der Waals surface area contributed by atoms with Gasteiger partial charge in [0.05, 0.1) is 5.92 Å². The zero-order valence-corrected chi connectivity index (χ0v) is 7.09. The maximum Gasteiger partial charge on any atom is 0.237 e. The molecule has 1 heterocycles. The van der Waals surface area contributed by atoms with E-state index in [9.17, 15) is 14.4 Å². The van der Waals surface area contributed by atoms with Crippen LogP contribution in [0.1, 0.15) is 20.3 Å². The summed E-state index contributed by atoms with van der Waals surface area (Å²) in [6.07, 6.45) is 0.260. The van der Waals surface area contributed by atoms with Crippen LogP contribution in [0.15, 0.2) is 0 Å². The lowest BCUT2D eigenvalue weighted by Gasteiger charge is -2.24. The van der Waals surface area contributed by atoms with Crippen LogP contribution in [0.2, 0.25) is 0 Å². The molecule has 0 bridgehead atoms. The third kappa shape index (κ3) is 1.52. The van der Waals surface area contributed by atoms with Gasteiger partial charge in [-0.25, -0.2) is 0 Å². The molecular formula is C8H11NO3. The van der Waals surface area contributed by atoms with Gasteiger partial charge in [0.2, 0.25) is 11.8 Å². The van der Waals surface area contributed by atoms with Crippen LogP contribution in [0.5, 0.6) is 0 Å². The molecule has 0 radical (unpaired) electrons. The molecule has 66 valence electrons. The van der Waals surface area contributed by atoms with Gasteiger partial charge in [-0.2, -0.15) is 0 Å². The van der Waals surface area contributed by atoms with Gasteiger partial charge in [-0.05, 0) is 12.8 Å². The molecule has 1 rings (SSSR count). The number of rotatable bonds is 1. The lowest BCUT2D eigenvalue weighted by molar-refractivity contribution is -0.142. The van der Waals surface area contributed by atoms with Crippen molar-refractivity contribution in [3.8, 4) is 0 Å². The molecule has 2 atom stereocenters. The minimum atomic E-state index is -0.636. The van der Waals surface area contributed by atoms with Crippen molar-refractivity contribution in [2.45, 2.75) is 20.3 Å². The van der Waals surface area contributed by atoms with Crippen LogP contribution >= 0.6 is 0 Å². The second-order valence-corrected chi connectivity index (χ2v) is 3.18. The SMILES string of the molecule is CC(=O)C1C(=O)NC(=O)CC1C. The summed E-state index contributed by atoms with van der Waals surface area (Å²) in [4.78, 5) is 32.9. The number of ketones is 1. The van der Waals surface area contributed by atoms with Gasteiger partial charge in [0, 0.05) is 6.42 Å². The number of nitrogens with one attached hydrogen (secondary N) is 1. The maximum absolute atomic E-state index is 11.1. The summed E-state index contributed by atoms with van der Waals surface area (Å²) in [5.41, 5.74) is 0. The Labute approximate surface area is 70.3 Å². The van der Waals surface area contributed by atoms with Crippen molar-refractivity contribution in [3.05, 3.63) is 0 Å². The average molecular weight is 169 g/mol. The molecule has 0 aliphatic carbocycles. The number of imide groups is 1. The average Bonchev–Trinajstić information content (AvgIpc) is 1.82. The summed E-state index contributed by atoms with van der Waals surface area (Å²) in [6, 6.07) is 0. The molecule has 12 heavy (non-hydrogen) atoms. The van der Waals surface area contributed by atoms with E-state index in [0.717, 1.165) is 0 Å². The minimum absolute atomic E-state index is 0.163. The molecule has 0 saturated carbocycles. The van der Waals surface area contributed by atoms with E-state index >= 15 is 0 Å². The topological polar surface area (TPSA) is 63.2 Å². The van der Waals surface area contributed by atoms with Gasteiger partial charge in [0.25, 0.3) is 0 Å². The van der Waals surface area contributed by atoms with Crippen LogP contribution < -0.4 is 5.32 Å². The molecule has 4 nitrogen and oxygen atoms in total. The van der Waals surface area contributed by atoms with Crippen molar-refractivity contribution in [3.63, 3.8) is 0 Å². The number of amides is 2. The summed E-state index contributed by atoms with van der Waals surface area (Å²) in [5, 5.41) is 2.14. The van der Waals surface area contributed by atoms with Crippen LogP contribution in [0.4, 0.5) is 0 Å². The third-order valence-corrected chi connectivity index (χ3v) is 2.06. The highest BCUT2D eigenvalue weighted by Gasteiger charge is 2.35. The van der Waals surface area contributed by atoms with E-state index in [1.54, 1.807) is 6.92 Å². The van der Waals surface area contributed by atoms with E-state index in [1.165, 1.54) is 6.92 Å². The first-order valence-corrected chi connectivity index (χ1v) is 3.86. The zero-order chi connectivity index (χ0) is 9.30. The fourth-order valence-electron chi connectivity index (χ4n) is 1.52. The first-order valence-electron chi connectivity index (χ1n) is 3.86. The van der Waals surface area contributed by atoms with Crippen molar-refractivity contribution in [1.29, 1.82) is 0 Å². The highest BCUT2D eigenvalue weighted by atomic mass is 16.2. The number of carbonyl (C=O) groups excluding carboxylic acids is 3. The smallest absolute Gasteiger partial charge is 0.237 e. The number of hydrogen-bond acceptors (Lipinski definition) is 3. The number of carbonyl (C=O) groups is 3. The predicted octanol–water partition coefficient (Wildman–Crippen LogP) is -0.126. The van der Waals surface area contributed by atoms with E-state index in [1.807, 2.05) is 0 Å². The molecular weight excluding hydrogens is 158 g/mol. The lowest BCUT2D eigenvalue weighted by atomic mass is 9.84. The van der Waals surface area contributed by atoms with Gasteiger partial charge in [-0.15, -0.1) is 0 Å². The summed E-state index contributed by atoms with van der Waals surface area (Å²) in [7, 11) is 0. The molecule has 1 aliphatic heterocycles. The van der Waals surface area contributed by atoms with Gasteiger partial charge >= 0.3 is 0 Å². The lowest BCUT2D eigenvalue weighted by Crippen LogP contribution is -2.47. The molecule has 1 fully saturated rings. The van der Waals surface area contributed by atoms with E-state index < -0.39 is 11.8 Å². The Morgan fingerprint density at radius 1 is 1.50 bits per heavy atom. The highest BCUT2D eigenvalue weighted by molar-refractivity contribution is 6.09. The number of hydrogen-bond donors (Lipinski definition) is 1. The van der Waals surface area contributed by atoms with Crippen LogP contribution in [-0.4, -0.2) is 17.6 Å². The summed E-state index contributed by atoms with van der Waals surface area (Å²) >= 11 is 0. The molecule has 1 aliphatic rings. The Bertz CT molecular complexity index is 247. The van der Waals surface area contributed by atoms with Crippen molar-refractivity contribution in [2.24, 2.45) is 11.8 Å². The van der Waals surface area contributed by atoms with Crippen molar-refractivity contribution >= 4 is 17.6 Å². The largest absolute Gasteiger partial charge is 0.299 e. The van der Waals surface area contributed by atoms with Crippen LogP contribution in [-0.2, 0) is 14.4 Å². The monoisotopic (exact) mass is 169 g/mol. The van der Waals surface area contributed by atoms with Crippen molar-refractivity contribution in [2.75, 3.05) is 0 Å². The molecule has 2 unspecified atom stereocenters. The van der Waals surface area contributed by atoms with Crippen molar-refractivity contribution < 1.29 is 14.4 Å². The van der Waals surface area contributed by atoms with Gasteiger partial charge in [-0.1, -0.05) is 6.92 Å². The van der Waals surface area contributed by atoms with Gasteiger partial charge in [0.15, 0.2) is 0 Å². The molecule has 2 amide bonds. The zero-order valence-electron chi connectivity index (χ0n) is 7.09. The van der Waals surface area contributed by atoms with Gasteiger partial charge in [0.1, 0.15) is 5.78 Å². The quantitative estimate of drug-likeness (QED) is 0.439. The normalized spacial score (nSPS) is 29.8. The predicted molar refractivity (Wildman–Crippen MR) is 41.1 cm³/mol. The standard InChI is InChI=1S/C8H11NO3/c1-4-3-6(11)9-8(12)7(4)5(2)10/h4,7H,3H2,1-2H3,(H,9,11,12). The first kappa shape index (κ1) is 8.90. The number of Topliss-reactive ketones (excluding diaryl/α,β-unsaturated/α-hetero) is 1. The molecule has 4 heteroatoms. The minimum Gasteiger partial charge on any atom is -0.299 e. The van der Waals surface area contributed by atoms with E-state index in [4.69, 9.17) is 0 Å². The van der Waals surface area contributed by atoms with E-state index in [2.05, 4.69) is 5.32 Å². The van der Waals surface area contributed by atoms with Crippen LogP contribution in [0, 0.1) is 11.8 Å². The molecule has 0 aromatic carbocycles. The first-order chi connectivity index (χ1) is 5.52. The molecule has 1 saturated heterocycles. The second-order valence-electron chi connectivity index (χ2n) is 3.18. The van der Waals surface area contributed by atoms with E-state index in [-0.39, 0.29) is 24.0 Å². The molecule has 0 aromatic rings. The van der Waals surface area contributed by atoms with E-state index in [0.29, 0.717) is 0 Å². The third-order valence-electron chi connectivity index (χ3n) is 2.06. The molecule has 1 N–H and O–H groups in total. The fourth-order valence-corrected chi connectivity index (χ4v) is 1.52. The summed E-state index contributed by atoms with van der Waals surface area (Å²) in [6.45, 7) is 3.11. The highest BCUT2D eigenvalue weighted by Crippen LogP contribution is 2.20. The van der Waals surface area contributed by atoms with Gasteiger partial charge < -0.3 is 0 Å². The Morgan fingerprint density at radius 3 is 2.50 bits per heavy atom. The fraction of sp³-hybridized carbons (Fsp3) is 0.625. The van der Waals surface area contributed by atoms with Crippen LogP contribution in [0.25, 0.3) is 0 Å². The summed E-state index contributed by atoms with van der Waals surface area (Å²) in [5.74, 6) is -1.71. The Balaban J connectivity index is 2.80. The molecule has 0 aromatic heterocycles. The Hall–Kier alpha value is -1.19. The molecule has 0 spiro atoms. The Morgan fingerprint density at radius 2 is 2.08 bits per heavy atom. The van der Waals surface area contributed by atoms with Crippen molar-refractivity contribution in [1.82, 2.24) is 5.32 Å². The Kier molecular flexibility index (Phi) is 2.26. The maximum atomic E-state index is 11.1. The number of piperidine rings is 1.